The highest BCUT2D eigenvalue weighted by Gasteiger charge is 2.46. The van der Waals surface area contributed by atoms with Gasteiger partial charge in [0.05, 0.1) is 0 Å². The molecule has 0 bridgehead atoms. The molecule has 0 aromatic heterocycles. The maximum atomic E-state index is 13.0. The predicted molar refractivity (Wildman–Crippen MR) is 82.7 cm³/mol. The van der Waals surface area contributed by atoms with E-state index in [1.807, 2.05) is 11.1 Å². The first-order valence-corrected chi connectivity index (χ1v) is 8.04. The van der Waals surface area contributed by atoms with Crippen molar-refractivity contribution >= 4 is 11.8 Å². The number of benzene rings is 1. The zero-order valence-corrected chi connectivity index (χ0v) is 13.4. The summed E-state index contributed by atoms with van der Waals surface area (Å²) in [4.78, 5) is 25.0. The first-order chi connectivity index (χ1) is 11.8. The van der Waals surface area contributed by atoms with Gasteiger partial charge in [-0.05, 0) is 17.5 Å². The summed E-state index contributed by atoms with van der Waals surface area (Å²) < 4.78 is 38.9. The molecule has 2 heterocycles. The van der Waals surface area contributed by atoms with Gasteiger partial charge in [0.15, 0.2) is 0 Å². The van der Waals surface area contributed by atoms with Crippen molar-refractivity contribution in [3.8, 4) is 0 Å². The Morgan fingerprint density at radius 1 is 1.32 bits per heavy atom. The maximum absolute atomic E-state index is 13.0. The standard InChI is InChI=1S/C16H19F3N4O2/c17-16(18,19)12(8-20)14(24)21-13-11-5-2-1-4-10(11)9-22-6-3-7-23(22)15(13)25/h1-2,4-5,12-13H,3,6-9,20H2,(H,21,24)/t12-,13+/m1/s1. The minimum Gasteiger partial charge on any atom is -0.340 e. The molecule has 0 radical (unpaired) electrons. The first-order valence-electron chi connectivity index (χ1n) is 8.04. The lowest BCUT2D eigenvalue weighted by molar-refractivity contribution is -0.181. The van der Waals surface area contributed by atoms with Crippen LogP contribution in [-0.4, -0.2) is 47.6 Å². The van der Waals surface area contributed by atoms with Crippen molar-refractivity contribution in [2.75, 3.05) is 19.6 Å². The molecule has 136 valence electrons. The van der Waals surface area contributed by atoms with E-state index < -0.39 is 36.5 Å². The normalized spacial score (nSPS) is 22.2. The van der Waals surface area contributed by atoms with Crippen molar-refractivity contribution in [3.05, 3.63) is 35.4 Å². The summed E-state index contributed by atoms with van der Waals surface area (Å²) in [5.41, 5.74) is 6.45. The lowest BCUT2D eigenvalue weighted by Gasteiger charge is -2.28. The van der Waals surface area contributed by atoms with Crippen LogP contribution in [0.3, 0.4) is 0 Å². The van der Waals surface area contributed by atoms with E-state index in [0.717, 1.165) is 12.0 Å². The third kappa shape index (κ3) is 3.34. The summed E-state index contributed by atoms with van der Waals surface area (Å²) in [6.45, 7) is 0.787. The third-order valence-corrected chi connectivity index (χ3v) is 4.58. The molecule has 0 aliphatic carbocycles. The summed E-state index contributed by atoms with van der Waals surface area (Å²) in [7, 11) is 0. The monoisotopic (exact) mass is 356 g/mol. The van der Waals surface area contributed by atoms with Gasteiger partial charge >= 0.3 is 6.18 Å². The molecule has 2 aliphatic rings. The van der Waals surface area contributed by atoms with Gasteiger partial charge in [-0.15, -0.1) is 0 Å². The van der Waals surface area contributed by atoms with Crippen molar-refractivity contribution in [3.63, 3.8) is 0 Å². The quantitative estimate of drug-likeness (QED) is 0.845. The minimum atomic E-state index is -4.76. The number of nitrogens with two attached hydrogens (primary N) is 1. The van der Waals surface area contributed by atoms with Gasteiger partial charge in [0.2, 0.25) is 5.91 Å². The van der Waals surface area contributed by atoms with E-state index in [1.54, 1.807) is 18.2 Å². The van der Waals surface area contributed by atoms with E-state index >= 15 is 0 Å². The summed E-state index contributed by atoms with van der Waals surface area (Å²) >= 11 is 0. The molecule has 25 heavy (non-hydrogen) atoms. The number of hydrogen-bond donors (Lipinski definition) is 2. The molecule has 1 aromatic rings. The molecule has 6 nitrogen and oxygen atoms in total. The number of halogens is 3. The van der Waals surface area contributed by atoms with Gasteiger partial charge in [0, 0.05) is 26.2 Å². The van der Waals surface area contributed by atoms with Gasteiger partial charge in [0.25, 0.3) is 5.91 Å². The Labute approximate surface area is 142 Å². The highest BCUT2D eigenvalue weighted by Crippen LogP contribution is 2.31. The van der Waals surface area contributed by atoms with Crippen LogP contribution in [0.1, 0.15) is 23.6 Å². The van der Waals surface area contributed by atoms with Gasteiger partial charge in [-0.3, -0.25) is 14.6 Å². The van der Waals surface area contributed by atoms with Crippen LogP contribution in [0.25, 0.3) is 0 Å². The minimum absolute atomic E-state index is 0.422. The Kier molecular flexibility index (Phi) is 4.70. The molecular formula is C16H19F3N4O2. The van der Waals surface area contributed by atoms with Gasteiger partial charge < -0.3 is 11.1 Å². The number of nitrogens with zero attached hydrogens (tertiary/aromatic N) is 2. The van der Waals surface area contributed by atoms with Crippen LogP contribution in [-0.2, 0) is 16.1 Å². The lowest BCUT2D eigenvalue weighted by Crippen LogP contribution is -2.49. The van der Waals surface area contributed by atoms with E-state index in [9.17, 15) is 22.8 Å². The molecular weight excluding hydrogens is 337 g/mol. The van der Waals surface area contributed by atoms with Crippen LogP contribution in [0.5, 0.6) is 0 Å². The Balaban J connectivity index is 1.93. The van der Waals surface area contributed by atoms with Crippen molar-refractivity contribution in [1.82, 2.24) is 15.3 Å². The summed E-state index contributed by atoms with van der Waals surface area (Å²) in [6.07, 6.45) is -3.98. The van der Waals surface area contributed by atoms with E-state index in [-0.39, 0.29) is 0 Å². The zero-order valence-electron chi connectivity index (χ0n) is 13.4. The molecule has 2 atom stereocenters. The molecule has 0 unspecified atom stereocenters. The Hall–Kier alpha value is -2.13. The summed E-state index contributed by atoms with van der Waals surface area (Å²) in [5, 5.41) is 5.65. The summed E-state index contributed by atoms with van der Waals surface area (Å²) in [5.74, 6) is -4.05. The van der Waals surface area contributed by atoms with Crippen LogP contribution in [0.15, 0.2) is 24.3 Å². The Morgan fingerprint density at radius 3 is 2.72 bits per heavy atom. The number of fused-ring (bicyclic) bond motifs is 2. The maximum Gasteiger partial charge on any atom is 0.401 e. The van der Waals surface area contributed by atoms with E-state index in [4.69, 9.17) is 5.73 Å². The van der Waals surface area contributed by atoms with Crippen molar-refractivity contribution in [2.45, 2.75) is 25.2 Å². The zero-order chi connectivity index (χ0) is 18.2. The fourth-order valence-corrected chi connectivity index (χ4v) is 3.29. The average molecular weight is 356 g/mol. The predicted octanol–water partition coefficient (Wildman–Crippen LogP) is 0.944. The smallest absolute Gasteiger partial charge is 0.340 e. The van der Waals surface area contributed by atoms with Crippen molar-refractivity contribution in [2.24, 2.45) is 11.7 Å². The molecule has 1 aromatic carbocycles. The van der Waals surface area contributed by atoms with Crippen LogP contribution in [0.4, 0.5) is 13.2 Å². The second-order valence-electron chi connectivity index (χ2n) is 6.17. The third-order valence-electron chi connectivity index (χ3n) is 4.58. The van der Waals surface area contributed by atoms with Crippen LogP contribution in [0.2, 0.25) is 0 Å². The second-order valence-corrected chi connectivity index (χ2v) is 6.17. The summed E-state index contributed by atoms with van der Waals surface area (Å²) in [6, 6.07) is 5.82. The topological polar surface area (TPSA) is 78.7 Å². The van der Waals surface area contributed by atoms with Crippen LogP contribution < -0.4 is 11.1 Å². The molecule has 2 amide bonds. The highest BCUT2D eigenvalue weighted by molar-refractivity contribution is 5.90. The van der Waals surface area contributed by atoms with Gasteiger partial charge in [0.1, 0.15) is 12.0 Å². The molecule has 9 heteroatoms. The first kappa shape index (κ1) is 17.7. The lowest BCUT2D eigenvalue weighted by atomic mass is 9.98. The number of rotatable bonds is 3. The molecule has 3 rings (SSSR count). The Morgan fingerprint density at radius 2 is 2.04 bits per heavy atom. The molecule has 1 fully saturated rings. The highest BCUT2D eigenvalue weighted by atomic mass is 19.4. The number of alkyl halides is 3. The molecule has 2 aliphatic heterocycles. The fraction of sp³-hybridized carbons (Fsp3) is 0.500. The largest absolute Gasteiger partial charge is 0.401 e. The number of hydrogen-bond acceptors (Lipinski definition) is 4. The Bertz CT molecular complexity index is 680. The molecule has 3 N–H and O–H groups in total. The molecule has 0 saturated carbocycles. The number of carbonyl (C=O) groups excluding carboxylic acids is 2. The van der Waals surface area contributed by atoms with Gasteiger partial charge in [-0.2, -0.15) is 13.2 Å². The molecule has 0 spiro atoms. The van der Waals surface area contributed by atoms with E-state index in [1.165, 1.54) is 5.01 Å². The van der Waals surface area contributed by atoms with E-state index in [2.05, 4.69) is 5.32 Å². The van der Waals surface area contributed by atoms with Crippen LogP contribution >= 0.6 is 0 Å². The van der Waals surface area contributed by atoms with Gasteiger partial charge in [-0.1, -0.05) is 24.3 Å². The van der Waals surface area contributed by atoms with Gasteiger partial charge in [-0.25, -0.2) is 5.01 Å². The number of carbonyl (C=O) groups is 2. The second kappa shape index (κ2) is 6.64. The molecule has 1 saturated heterocycles. The number of hydrazine groups is 1. The number of nitrogens with one attached hydrogen (secondary N) is 1. The fourth-order valence-electron chi connectivity index (χ4n) is 3.29. The van der Waals surface area contributed by atoms with E-state index in [0.29, 0.717) is 25.2 Å². The van der Waals surface area contributed by atoms with Crippen molar-refractivity contribution in [1.29, 1.82) is 0 Å². The van der Waals surface area contributed by atoms with Crippen LogP contribution in [0, 0.1) is 5.92 Å². The van der Waals surface area contributed by atoms with Crippen molar-refractivity contribution < 1.29 is 22.8 Å². The average Bonchev–Trinajstić information content (AvgIpc) is 2.96. The SMILES string of the molecule is NC[C@H](C(=O)N[C@@H]1C(=O)N2CCCN2Cc2ccccc21)C(F)(F)F. The number of amides is 2.